The number of nitrogens with one attached hydrogen (secondary N) is 1. The predicted molar refractivity (Wildman–Crippen MR) is 59.4 cm³/mol. The van der Waals surface area contributed by atoms with Crippen molar-refractivity contribution in [2.24, 2.45) is 0 Å². The molecule has 1 N–H and O–H groups in total. The lowest BCUT2D eigenvalue weighted by atomic mass is 10.2. The first kappa shape index (κ1) is 11.3. The van der Waals surface area contributed by atoms with Crippen LogP contribution < -0.4 is 5.32 Å². The van der Waals surface area contributed by atoms with Crippen molar-refractivity contribution in [1.82, 2.24) is 0 Å². The number of hydrogen-bond acceptors (Lipinski definition) is 1. The maximum absolute atomic E-state index is 13.2. The second kappa shape index (κ2) is 5.23. The number of aryl methyl sites for hydroxylation is 1. The van der Waals surface area contributed by atoms with Crippen LogP contribution >= 0.6 is 23.2 Å². The molecule has 0 radical (unpaired) electrons. The average Bonchev–Trinajstić information content (AvgIpc) is 2.16. The Kier molecular flexibility index (Phi) is 4.23. The molecule has 0 saturated heterocycles. The van der Waals surface area contributed by atoms with Gasteiger partial charge in [-0.25, -0.2) is 4.39 Å². The Morgan fingerprint density at radius 2 is 2.29 bits per heavy atom. The summed E-state index contributed by atoms with van der Waals surface area (Å²) in [5, 5.41) is 3.31. The quantitative estimate of drug-likeness (QED) is 0.837. The minimum Gasteiger partial charge on any atom is -0.377 e. The Morgan fingerprint density at radius 3 is 2.86 bits per heavy atom. The van der Waals surface area contributed by atoms with E-state index in [9.17, 15) is 4.39 Å². The highest BCUT2D eigenvalue weighted by molar-refractivity contribution is 6.36. The molecule has 1 aromatic carbocycles. The van der Waals surface area contributed by atoms with Gasteiger partial charge in [0.15, 0.2) is 0 Å². The molecule has 0 unspecified atom stereocenters. The van der Waals surface area contributed by atoms with Crippen LogP contribution in [-0.2, 0) is 0 Å². The molecular weight excluding hydrogens is 224 g/mol. The summed E-state index contributed by atoms with van der Waals surface area (Å²) in [5.41, 5.74) is 2.55. The molecule has 0 aliphatic rings. The summed E-state index contributed by atoms with van der Waals surface area (Å²) >= 11 is 11.0. The summed E-state index contributed by atoms with van der Waals surface area (Å²) in [6.07, 6.45) is 0. The Labute approximate surface area is 92.5 Å². The van der Waals surface area contributed by atoms with E-state index in [1.54, 1.807) is 6.07 Å². The third kappa shape index (κ3) is 2.89. The van der Waals surface area contributed by atoms with Gasteiger partial charge in [0, 0.05) is 10.6 Å². The summed E-state index contributed by atoms with van der Waals surface area (Å²) in [7, 11) is 0. The molecule has 1 aromatic rings. The molecule has 0 saturated carbocycles. The fraction of sp³-hybridized carbons (Fsp3) is 0.200. The summed E-state index contributed by atoms with van der Waals surface area (Å²) in [4.78, 5) is 0. The van der Waals surface area contributed by atoms with Crippen molar-refractivity contribution < 1.29 is 4.39 Å². The smallest absolute Gasteiger partial charge is 0.146 e. The van der Waals surface area contributed by atoms with Crippen molar-refractivity contribution in [2.45, 2.75) is 6.92 Å². The molecule has 1 nitrogen and oxygen atoms in total. The third-order valence-corrected chi connectivity index (χ3v) is 2.39. The van der Waals surface area contributed by atoms with Crippen molar-refractivity contribution >= 4 is 28.9 Å². The standard InChI is InChI=1S/C10H10Cl2FN/c1-7-3-2-4-9(13)10(7)14-6-8(12)5-11/h2-5,14H,6H2,1H3/b8-5-. The van der Waals surface area contributed by atoms with Gasteiger partial charge in [0.1, 0.15) is 5.82 Å². The van der Waals surface area contributed by atoms with Crippen LogP contribution in [0, 0.1) is 12.7 Å². The number of rotatable bonds is 3. The van der Waals surface area contributed by atoms with E-state index in [1.165, 1.54) is 11.6 Å². The molecule has 0 aromatic heterocycles. The molecule has 0 atom stereocenters. The van der Waals surface area contributed by atoms with Gasteiger partial charge < -0.3 is 5.32 Å². The minimum atomic E-state index is -0.288. The Morgan fingerprint density at radius 1 is 1.57 bits per heavy atom. The molecule has 0 aliphatic heterocycles. The molecule has 0 fully saturated rings. The second-order valence-corrected chi connectivity index (χ2v) is 3.54. The van der Waals surface area contributed by atoms with E-state index in [1.807, 2.05) is 13.0 Å². The maximum Gasteiger partial charge on any atom is 0.146 e. The number of para-hydroxylation sites is 1. The van der Waals surface area contributed by atoms with Gasteiger partial charge >= 0.3 is 0 Å². The number of benzene rings is 1. The van der Waals surface area contributed by atoms with Crippen LogP contribution in [0.15, 0.2) is 28.8 Å². The van der Waals surface area contributed by atoms with Crippen LogP contribution in [0.1, 0.15) is 5.56 Å². The molecule has 0 aliphatic carbocycles. The second-order valence-electron chi connectivity index (χ2n) is 2.84. The lowest BCUT2D eigenvalue weighted by molar-refractivity contribution is 0.630. The van der Waals surface area contributed by atoms with Crippen molar-refractivity contribution in [3.8, 4) is 0 Å². The normalized spacial score (nSPS) is 11.6. The molecule has 1 rings (SSSR count). The SMILES string of the molecule is Cc1cccc(F)c1NC/C(Cl)=C/Cl. The van der Waals surface area contributed by atoms with E-state index in [4.69, 9.17) is 23.2 Å². The monoisotopic (exact) mass is 233 g/mol. The minimum absolute atomic E-state index is 0.288. The topological polar surface area (TPSA) is 12.0 Å². The summed E-state index contributed by atoms with van der Waals surface area (Å²) in [6.45, 7) is 2.15. The van der Waals surface area contributed by atoms with Crippen molar-refractivity contribution in [2.75, 3.05) is 11.9 Å². The highest BCUT2D eigenvalue weighted by Crippen LogP contribution is 2.19. The fourth-order valence-corrected chi connectivity index (χ4v) is 1.21. The van der Waals surface area contributed by atoms with Crippen LogP contribution in [0.4, 0.5) is 10.1 Å². The number of hydrogen-bond donors (Lipinski definition) is 1. The lowest BCUT2D eigenvalue weighted by Gasteiger charge is -2.09. The van der Waals surface area contributed by atoms with Gasteiger partial charge in [0.2, 0.25) is 0 Å². The van der Waals surface area contributed by atoms with Gasteiger partial charge in [-0.1, -0.05) is 35.3 Å². The predicted octanol–water partition coefficient (Wildman–Crippen LogP) is 3.87. The first-order valence-corrected chi connectivity index (χ1v) is 4.90. The van der Waals surface area contributed by atoms with E-state index >= 15 is 0 Å². The molecule has 0 heterocycles. The van der Waals surface area contributed by atoms with Crippen LogP contribution in [0.3, 0.4) is 0 Å². The molecule has 0 amide bonds. The van der Waals surface area contributed by atoms with Gasteiger partial charge in [-0.15, -0.1) is 0 Å². The average molecular weight is 234 g/mol. The summed E-state index contributed by atoms with van der Waals surface area (Å²) in [5.74, 6) is -0.288. The highest BCUT2D eigenvalue weighted by atomic mass is 35.5. The third-order valence-electron chi connectivity index (χ3n) is 1.77. The van der Waals surface area contributed by atoms with Crippen molar-refractivity contribution in [1.29, 1.82) is 0 Å². The van der Waals surface area contributed by atoms with Crippen molar-refractivity contribution in [3.63, 3.8) is 0 Å². The van der Waals surface area contributed by atoms with E-state index in [2.05, 4.69) is 5.32 Å². The maximum atomic E-state index is 13.2. The highest BCUT2D eigenvalue weighted by Gasteiger charge is 2.04. The van der Waals surface area contributed by atoms with E-state index in [0.717, 1.165) is 5.56 Å². The van der Waals surface area contributed by atoms with Crippen LogP contribution in [-0.4, -0.2) is 6.54 Å². The Bertz CT molecular complexity index is 330. The first-order valence-electron chi connectivity index (χ1n) is 4.09. The molecule has 4 heteroatoms. The van der Waals surface area contributed by atoms with Gasteiger partial charge in [0.25, 0.3) is 0 Å². The Balaban J connectivity index is 2.76. The van der Waals surface area contributed by atoms with Crippen LogP contribution in [0.25, 0.3) is 0 Å². The summed E-state index contributed by atoms with van der Waals surface area (Å²) < 4.78 is 13.2. The van der Waals surface area contributed by atoms with E-state index < -0.39 is 0 Å². The van der Waals surface area contributed by atoms with Crippen LogP contribution in [0.5, 0.6) is 0 Å². The van der Waals surface area contributed by atoms with E-state index in [-0.39, 0.29) is 5.82 Å². The molecule has 76 valence electrons. The molecule has 14 heavy (non-hydrogen) atoms. The summed E-state index contributed by atoms with van der Waals surface area (Å²) in [6, 6.07) is 4.88. The van der Waals surface area contributed by atoms with Crippen LogP contribution in [0.2, 0.25) is 0 Å². The van der Waals surface area contributed by atoms with Gasteiger partial charge in [0.05, 0.1) is 12.2 Å². The number of halogens is 3. The van der Waals surface area contributed by atoms with E-state index in [0.29, 0.717) is 17.3 Å². The molecule has 0 bridgehead atoms. The van der Waals surface area contributed by atoms with Gasteiger partial charge in [-0.2, -0.15) is 0 Å². The molecular formula is C10H10Cl2FN. The number of anilines is 1. The molecule has 0 spiro atoms. The zero-order valence-electron chi connectivity index (χ0n) is 7.65. The van der Waals surface area contributed by atoms with Gasteiger partial charge in [-0.3, -0.25) is 0 Å². The zero-order chi connectivity index (χ0) is 10.6. The fourth-order valence-electron chi connectivity index (χ4n) is 1.07. The Hall–Kier alpha value is -0.730. The van der Waals surface area contributed by atoms with Gasteiger partial charge in [-0.05, 0) is 18.6 Å². The van der Waals surface area contributed by atoms with Crippen molar-refractivity contribution in [3.05, 3.63) is 40.1 Å². The first-order chi connectivity index (χ1) is 6.65. The zero-order valence-corrected chi connectivity index (χ0v) is 9.16. The lowest BCUT2D eigenvalue weighted by Crippen LogP contribution is -2.04. The largest absolute Gasteiger partial charge is 0.377 e.